The van der Waals surface area contributed by atoms with Crippen LogP contribution in [0.4, 0.5) is 0 Å². The summed E-state index contributed by atoms with van der Waals surface area (Å²) < 4.78 is 0. The van der Waals surface area contributed by atoms with E-state index in [2.05, 4.69) is 11.1 Å². The lowest BCUT2D eigenvalue weighted by Gasteiger charge is -2.56. The smallest absolute Gasteiger partial charge is 0.142 e. The Morgan fingerprint density at radius 2 is 1.72 bits per heavy atom. The molecule has 1 aromatic rings. The Hall–Kier alpha value is -0.960. The highest BCUT2D eigenvalue weighted by molar-refractivity contribution is 5.22. The average molecular weight is 243 g/mol. The van der Waals surface area contributed by atoms with Gasteiger partial charge in [-0.15, -0.1) is 0 Å². The summed E-state index contributed by atoms with van der Waals surface area (Å²) in [4.78, 5) is 8.99. The minimum atomic E-state index is 0.377. The topological polar surface area (TPSA) is 51.8 Å². The van der Waals surface area contributed by atoms with Gasteiger partial charge in [-0.1, -0.05) is 0 Å². The molecule has 3 nitrogen and oxygen atoms in total. The Labute approximate surface area is 108 Å². The molecule has 4 aliphatic rings. The van der Waals surface area contributed by atoms with Crippen LogP contribution in [0.2, 0.25) is 0 Å². The first-order valence-electron chi connectivity index (χ1n) is 7.30. The van der Waals surface area contributed by atoms with Crippen molar-refractivity contribution in [3.8, 4) is 0 Å². The summed E-state index contributed by atoms with van der Waals surface area (Å²) >= 11 is 0. The van der Waals surface area contributed by atoms with E-state index in [1.165, 1.54) is 44.2 Å². The first kappa shape index (κ1) is 10.9. The molecule has 0 amide bonds. The van der Waals surface area contributed by atoms with Gasteiger partial charge in [-0.2, -0.15) is 0 Å². The molecule has 5 rings (SSSR count). The fourth-order valence-electron chi connectivity index (χ4n) is 5.22. The molecule has 0 saturated heterocycles. The van der Waals surface area contributed by atoms with E-state index < -0.39 is 0 Å². The molecule has 0 spiro atoms. The van der Waals surface area contributed by atoms with Crippen LogP contribution >= 0.6 is 0 Å². The van der Waals surface area contributed by atoms with Gasteiger partial charge in [-0.3, -0.25) is 0 Å². The van der Waals surface area contributed by atoms with Crippen molar-refractivity contribution in [3.05, 3.63) is 23.8 Å². The molecule has 4 saturated carbocycles. The van der Waals surface area contributed by atoms with Crippen molar-refractivity contribution >= 4 is 0 Å². The first-order valence-corrected chi connectivity index (χ1v) is 7.30. The van der Waals surface area contributed by atoms with Crippen molar-refractivity contribution in [1.29, 1.82) is 0 Å². The van der Waals surface area contributed by atoms with E-state index in [1.807, 2.05) is 6.20 Å². The van der Waals surface area contributed by atoms with Crippen molar-refractivity contribution in [2.75, 3.05) is 0 Å². The Morgan fingerprint density at radius 3 is 2.28 bits per heavy atom. The zero-order valence-corrected chi connectivity index (χ0v) is 10.8. The van der Waals surface area contributed by atoms with Crippen LogP contribution in [-0.4, -0.2) is 9.97 Å². The second-order valence-corrected chi connectivity index (χ2v) is 6.76. The molecule has 4 bridgehead atoms. The van der Waals surface area contributed by atoms with E-state index in [0.717, 1.165) is 23.6 Å². The van der Waals surface area contributed by atoms with E-state index in [1.54, 1.807) is 0 Å². The highest BCUT2D eigenvalue weighted by Gasteiger charge is 2.52. The van der Waals surface area contributed by atoms with Gasteiger partial charge in [0.15, 0.2) is 0 Å². The molecular weight excluding hydrogens is 222 g/mol. The summed E-state index contributed by atoms with van der Waals surface area (Å²) in [6, 6.07) is 2.15. The van der Waals surface area contributed by atoms with Crippen LogP contribution < -0.4 is 5.73 Å². The van der Waals surface area contributed by atoms with Crippen molar-refractivity contribution in [2.45, 2.75) is 50.5 Å². The number of nitrogens with zero attached hydrogens (tertiary/aromatic N) is 2. The second-order valence-electron chi connectivity index (χ2n) is 6.76. The lowest BCUT2D eigenvalue weighted by molar-refractivity contribution is -0.00735. The van der Waals surface area contributed by atoms with Crippen LogP contribution in [0, 0.1) is 17.8 Å². The van der Waals surface area contributed by atoms with Gasteiger partial charge in [-0.25, -0.2) is 9.97 Å². The largest absolute Gasteiger partial charge is 0.324 e. The van der Waals surface area contributed by atoms with Crippen molar-refractivity contribution in [3.63, 3.8) is 0 Å². The summed E-state index contributed by atoms with van der Waals surface area (Å²) in [5, 5.41) is 0. The second kappa shape index (κ2) is 3.77. The van der Waals surface area contributed by atoms with Crippen LogP contribution in [0.3, 0.4) is 0 Å². The van der Waals surface area contributed by atoms with Crippen LogP contribution in [0.5, 0.6) is 0 Å². The van der Waals surface area contributed by atoms with Crippen LogP contribution in [-0.2, 0) is 12.0 Å². The van der Waals surface area contributed by atoms with Gasteiger partial charge in [0, 0.05) is 11.6 Å². The molecule has 4 aliphatic carbocycles. The van der Waals surface area contributed by atoms with E-state index in [0.29, 0.717) is 12.0 Å². The lowest BCUT2D eigenvalue weighted by Crippen LogP contribution is -2.49. The van der Waals surface area contributed by atoms with Crippen molar-refractivity contribution in [1.82, 2.24) is 9.97 Å². The van der Waals surface area contributed by atoms with Gasteiger partial charge >= 0.3 is 0 Å². The number of hydrogen-bond acceptors (Lipinski definition) is 3. The summed E-state index contributed by atoms with van der Waals surface area (Å²) in [5.74, 6) is 3.70. The monoisotopic (exact) mass is 243 g/mol. The van der Waals surface area contributed by atoms with Gasteiger partial charge in [0.2, 0.25) is 0 Å². The normalized spacial score (nSPS) is 41.3. The Morgan fingerprint density at radius 1 is 1.11 bits per heavy atom. The zero-order valence-electron chi connectivity index (χ0n) is 10.8. The van der Waals surface area contributed by atoms with Crippen LogP contribution in [0.15, 0.2) is 12.3 Å². The fraction of sp³-hybridized carbons (Fsp3) is 0.733. The number of rotatable bonds is 2. The molecule has 2 N–H and O–H groups in total. The first-order chi connectivity index (χ1) is 8.77. The molecule has 0 aromatic carbocycles. The number of hydrogen-bond donors (Lipinski definition) is 1. The molecule has 18 heavy (non-hydrogen) atoms. The molecule has 0 unspecified atom stereocenters. The fourth-order valence-corrected chi connectivity index (χ4v) is 5.22. The van der Waals surface area contributed by atoms with E-state index >= 15 is 0 Å². The predicted octanol–water partition coefficient (Wildman–Crippen LogP) is 2.40. The molecule has 3 heteroatoms. The molecule has 0 aliphatic heterocycles. The SMILES string of the molecule is NCc1nccc(C23CC4CC(CC(C4)C2)C3)n1. The summed E-state index contributed by atoms with van der Waals surface area (Å²) in [6.45, 7) is 0.459. The lowest BCUT2D eigenvalue weighted by atomic mass is 9.49. The Bertz CT molecular complexity index is 433. The third kappa shape index (κ3) is 1.53. The maximum absolute atomic E-state index is 5.69. The summed E-state index contributed by atoms with van der Waals surface area (Å²) in [7, 11) is 0. The number of nitrogens with two attached hydrogens (primary N) is 1. The van der Waals surface area contributed by atoms with Gasteiger partial charge in [0.25, 0.3) is 0 Å². The van der Waals surface area contributed by atoms with Crippen LogP contribution in [0.25, 0.3) is 0 Å². The van der Waals surface area contributed by atoms with E-state index in [9.17, 15) is 0 Å². The van der Waals surface area contributed by atoms with Crippen LogP contribution in [0.1, 0.15) is 50.0 Å². The predicted molar refractivity (Wildman–Crippen MR) is 69.8 cm³/mol. The van der Waals surface area contributed by atoms with E-state index in [-0.39, 0.29) is 0 Å². The highest BCUT2D eigenvalue weighted by Crippen LogP contribution is 2.60. The summed E-state index contributed by atoms with van der Waals surface area (Å²) in [5.41, 5.74) is 7.35. The Kier molecular flexibility index (Phi) is 2.28. The molecule has 1 heterocycles. The molecule has 4 fully saturated rings. The third-order valence-electron chi connectivity index (χ3n) is 5.47. The average Bonchev–Trinajstić information content (AvgIpc) is 2.37. The maximum Gasteiger partial charge on any atom is 0.142 e. The summed E-state index contributed by atoms with van der Waals surface area (Å²) in [6.07, 6.45) is 10.4. The van der Waals surface area contributed by atoms with Crippen molar-refractivity contribution in [2.24, 2.45) is 23.5 Å². The zero-order chi connectivity index (χ0) is 12.2. The quantitative estimate of drug-likeness (QED) is 0.867. The Balaban J connectivity index is 1.74. The van der Waals surface area contributed by atoms with Gasteiger partial charge < -0.3 is 5.73 Å². The molecule has 96 valence electrons. The van der Waals surface area contributed by atoms with Gasteiger partial charge in [0.1, 0.15) is 5.82 Å². The highest BCUT2D eigenvalue weighted by atomic mass is 14.9. The molecule has 0 atom stereocenters. The van der Waals surface area contributed by atoms with Crippen molar-refractivity contribution < 1.29 is 0 Å². The van der Waals surface area contributed by atoms with Gasteiger partial charge in [0.05, 0.1) is 12.2 Å². The third-order valence-corrected chi connectivity index (χ3v) is 5.47. The molecule has 1 aromatic heterocycles. The maximum atomic E-state index is 5.69. The molecule has 0 radical (unpaired) electrons. The molecular formula is C15H21N3. The van der Waals surface area contributed by atoms with E-state index in [4.69, 9.17) is 10.7 Å². The minimum Gasteiger partial charge on any atom is -0.324 e. The van der Waals surface area contributed by atoms with Gasteiger partial charge in [-0.05, 0) is 62.3 Å². The minimum absolute atomic E-state index is 0.377. The number of aromatic nitrogens is 2. The standard InChI is InChI=1S/C15H21N3/c16-9-14-17-2-1-13(18-14)15-6-10-3-11(7-15)5-12(4-10)8-15/h1-2,10-12H,3-9,16H2.